The highest BCUT2D eigenvalue weighted by molar-refractivity contribution is 7.92. The molecule has 174 valence electrons. The van der Waals surface area contributed by atoms with Crippen molar-refractivity contribution in [3.63, 3.8) is 0 Å². The van der Waals surface area contributed by atoms with Gasteiger partial charge in [-0.2, -0.15) is 0 Å². The number of aryl methyl sites for hydroxylation is 1. The van der Waals surface area contributed by atoms with E-state index in [1.165, 1.54) is 12.1 Å². The van der Waals surface area contributed by atoms with Crippen molar-refractivity contribution < 1.29 is 22.7 Å². The molecule has 0 aliphatic heterocycles. The van der Waals surface area contributed by atoms with Gasteiger partial charge in [-0.15, -0.1) is 0 Å². The van der Waals surface area contributed by atoms with Crippen molar-refractivity contribution in [2.75, 3.05) is 25.5 Å². The fourth-order valence-corrected chi connectivity index (χ4v) is 4.30. The molecule has 33 heavy (non-hydrogen) atoms. The van der Waals surface area contributed by atoms with Crippen LogP contribution in [0, 0.1) is 6.92 Å². The molecular weight excluding hydrogens is 464 g/mol. The number of carbonyl (C=O) groups excluding carboxylic acids is 1. The Morgan fingerprint density at radius 2 is 1.70 bits per heavy atom. The Kier molecular flexibility index (Phi) is 7.84. The first-order chi connectivity index (χ1) is 15.7. The lowest BCUT2D eigenvalue weighted by molar-refractivity contribution is -0.132. The zero-order valence-electron chi connectivity index (χ0n) is 18.5. The van der Waals surface area contributed by atoms with Crippen LogP contribution in [0.4, 0.5) is 5.69 Å². The molecule has 3 rings (SSSR count). The molecule has 0 aliphatic rings. The summed E-state index contributed by atoms with van der Waals surface area (Å²) in [5.41, 5.74) is 1.97. The number of methoxy groups -OCH3 is 1. The molecule has 0 atom stereocenters. The number of benzene rings is 3. The van der Waals surface area contributed by atoms with Crippen LogP contribution >= 0.6 is 11.6 Å². The summed E-state index contributed by atoms with van der Waals surface area (Å²) < 4.78 is 38.6. The van der Waals surface area contributed by atoms with Gasteiger partial charge in [0.2, 0.25) is 0 Å². The minimum atomic E-state index is -3.78. The van der Waals surface area contributed by atoms with Crippen molar-refractivity contribution >= 4 is 33.2 Å². The molecule has 0 heterocycles. The van der Waals surface area contributed by atoms with Gasteiger partial charge in [0.15, 0.2) is 6.61 Å². The van der Waals surface area contributed by atoms with Crippen LogP contribution in [0.25, 0.3) is 0 Å². The number of sulfonamides is 1. The molecule has 9 heteroatoms. The van der Waals surface area contributed by atoms with Crippen molar-refractivity contribution in [3.8, 4) is 11.5 Å². The number of nitrogens with zero attached hydrogens (tertiary/aromatic N) is 1. The number of rotatable bonds is 9. The quantitative estimate of drug-likeness (QED) is 0.479. The van der Waals surface area contributed by atoms with E-state index in [1.54, 1.807) is 56.3 Å². The molecule has 0 saturated heterocycles. The van der Waals surface area contributed by atoms with Gasteiger partial charge in [-0.3, -0.25) is 9.52 Å². The van der Waals surface area contributed by atoms with Gasteiger partial charge in [-0.05, 0) is 72.6 Å². The first-order valence-corrected chi connectivity index (χ1v) is 11.9. The third-order valence-electron chi connectivity index (χ3n) is 4.91. The highest BCUT2D eigenvalue weighted by atomic mass is 35.5. The van der Waals surface area contributed by atoms with E-state index >= 15 is 0 Å². The van der Waals surface area contributed by atoms with E-state index in [0.29, 0.717) is 28.6 Å². The lowest BCUT2D eigenvalue weighted by Crippen LogP contribution is -2.31. The van der Waals surface area contributed by atoms with Crippen LogP contribution in [-0.2, 0) is 21.4 Å². The zero-order chi connectivity index (χ0) is 24.0. The average Bonchev–Trinajstić information content (AvgIpc) is 2.79. The monoisotopic (exact) mass is 488 g/mol. The second kappa shape index (κ2) is 10.6. The Bertz CT molecular complexity index is 1210. The molecule has 1 amide bonds. The number of likely N-dealkylation sites (N-methyl/N-ethyl adjacent to an activating group) is 1. The Morgan fingerprint density at radius 1 is 1.03 bits per heavy atom. The fraction of sp³-hybridized carbons (Fsp3) is 0.208. The van der Waals surface area contributed by atoms with Crippen LogP contribution in [0.15, 0.2) is 71.6 Å². The Morgan fingerprint density at radius 3 is 2.30 bits per heavy atom. The van der Waals surface area contributed by atoms with E-state index in [1.807, 2.05) is 24.3 Å². The van der Waals surface area contributed by atoms with Gasteiger partial charge in [0, 0.05) is 24.3 Å². The zero-order valence-corrected chi connectivity index (χ0v) is 20.1. The van der Waals surface area contributed by atoms with E-state index in [-0.39, 0.29) is 17.4 Å². The van der Waals surface area contributed by atoms with E-state index < -0.39 is 10.0 Å². The maximum Gasteiger partial charge on any atom is 0.261 e. The number of hydrogen-bond acceptors (Lipinski definition) is 5. The van der Waals surface area contributed by atoms with Gasteiger partial charge in [0.05, 0.1) is 12.0 Å². The van der Waals surface area contributed by atoms with Gasteiger partial charge >= 0.3 is 0 Å². The smallest absolute Gasteiger partial charge is 0.261 e. The summed E-state index contributed by atoms with van der Waals surface area (Å²) >= 11 is 5.84. The highest BCUT2D eigenvalue weighted by Gasteiger charge is 2.17. The molecule has 0 fully saturated rings. The Hall–Kier alpha value is -3.23. The number of carbonyl (C=O) groups is 1. The Labute approximate surface area is 198 Å². The van der Waals surface area contributed by atoms with E-state index in [2.05, 4.69) is 4.72 Å². The third kappa shape index (κ3) is 6.63. The van der Waals surface area contributed by atoms with E-state index in [9.17, 15) is 13.2 Å². The molecule has 0 radical (unpaired) electrons. The maximum atomic E-state index is 12.7. The van der Waals surface area contributed by atoms with Crippen LogP contribution in [0.2, 0.25) is 5.02 Å². The predicted octanol–water partition coefficient (Wildman–Crippen LogP) is 4.50. The molecule has 0 saturated carbocycles. The first kappa shape index (κ1) is 24.4. The van der Waals surface area contributed by atoms with E-state index in [0.717, 1.165) is 11.3 Å². The number of amides is 1. The number of ether oxygens (including phenoxy) is 2. The SMILES string of the molecule is COc1ccc(CN(C)C(=O)COc2ccc(S(=O)(=O)Nc3ccc(Cl)cc3)cc2C)cc1. The van der Waals surface area contributed by atoms with Gasteiger partial charge < -0.3 is 14.4 Å². The summed E-state index contributed by atoms with van der Waals surface area (Å²) in [5, 5.41) is 0.513. The minimum Gasteiger partial charge on any atom is -0.497 e. The lowest BCUT2D eigenvalue weighted by Gasteiger charge is -2.18. The molecule has 1 N–H and O–H groups in total. The normalized spacial score (nSPS) is 11.0. The van der Waals surface area contributed by atoms with Gasteiger partial charge in [-0.1, -0.05) is 23.7 Å². The summed E-state index contributed by atoms with van der Waals surface area (Å²) in [6.45, 7) is 1.99. The number of nitrogens with one attached hydrogen (secondary N) is 1. The standard InChI is InChI=1S/C24H25ClN2O5S/c1-17-14-22(33(29,30)26-20-8-6-19(25)7-9-20)12-13-23(17)32-16-24(28)27(2)15-18-4-10-21(31-3)11-5-18/h4-14,26H,15-16H2,1-3H3. The first-order valence-electron chi connectivity index (χ1n) is 10.1. The van der Waals surface area contributed by atoms with Crippen molar-refractivity contribution in [2.45, 2.75) is 18.4 Å². The lowest BCUT2D eigenvalue weighted by atomic mass is 10.2. The summed E-state index contributed by atoms with van der Waals surface area (Å²) in [5.74, 6) is 0.985. The number of halogens is 1. The summed E-state index contributed by atoms with van der Waals surface area (Å²) in [6.07, 6.45) is 0. The van der Waals surface area contributed by atoms with Crippen molar-refractivity contribution in [1.29, 1.82) is 0 Å². The van der Waals surface area contributed by atoms with Crippen molar-refractivity contribution in [3.05, 3.63) is 82.9 Å². The van der Waals surface area contributed by atoms with Gasteiger partial charge in [0.1, 0.15) is 11.5 Å². The third-order valence-corrected chi connectivity index (χ3v) is 6.54. The summed E-state index contributed by atoms with van der Waals surface area (Å²) in [6, 6.07) is 18.3. The van der Waals surface area contributed by atoms with Crippen LogP contribution < -0.4 is 14.2 Å². The molecule has 0 unspecified atom stereocenters. The molecule has 0 aromatic heterocycles. The van der Waals surface area contributed by atoms with Gasteiger partial charge in [-0.25, -0.2) is 8.42 Å². The largest absolute Gasteiger partial charge is 0.497 e. The fourth-order valence-electron chi connectivity index (χ4n) is 3.03. The molecule has 3 aromatic carbocycles. The minimum absolute atomic E-state index is 0.0882. The van der Waals surface area contributed by atoms with Crippen LogP contribution in [-0.4, -0.2) is 40.0 Å². The molecule has 3 aromatic rings. The predicted molar refractivity (Wildman–Crippen MR) is 128 cm³/mol. The molecule has 0 bridgehead atoms. The average molecular weight is 489 g/mol. The molecular formula is C24H25ClN2O5S. The number of anilines is 1. The summed E-state index contributed by atoms with van der Waals surface area (Å²) in [7, 11) is -0.488. The second-order valence-electron chi connectivity index (χ2n) is 7.43. The van der Waals surface area contributed by atoms with Crippen LogP contribution in [0.3, 0.4) is 0 Å². The maximum absolute atomic E-state index is 12.7. The van der Waals surface area contributed by atoms with Crippen LogP contribution in [0.1, 0.15) is 11.1 Å². The van der Waals surface area contributed by atoms with E-state index in [4.69, 9.17) is 21.1 Å². The topological polar surface area (TPSA) is 84.9 Å². The van der Waals surface area contributed by atoms with Crippen LogP contribution in [0.5, 0.6) is 11.5 Å². The highest BCUT2D eigenvalue weighted by Crippen LogP contribution is 2.24. The Balaban J connectivity index is 1.60. The molecule has 0 spiro atoms. The second-order valence-corrected chi connectivity index (χ2v) is 9.55. The van der Waals surface area contributed by atoms with Gasteiger partial charge in [0.25, 0.3) is 15.9 Å². The number of hydrogen-bond donors (Lipinski definition) is 1. The van der Waals surface area contributed by atoms with Crippen molar-refractivity contribution in [2.24, 2.45) is 0 Å². The van der Waals surface area contributed by atoms with Crippen molar-refractivity contribution in [1.82, 2.24) is 4.90 Å². The summed E-state index contributed by atoms with van der Waals surface area (Å²) in [4.78, 5) is 14.1. The molecule has 7 nitrogen and oxygen atoms in total. The molecule has 0 aliphatic carbocycles.